The molecule has 0 saturated carbocycles. The molecule has 0 radical (unpaired) electrons. The Hall–Kier alpha value is -4.11. The molecule has 0 fully saturated rings. The van der Waals surface area contributed by atoms with Gasteiger partial charge in [-0.05, 0) is 42.1 Å². The third-order valence-electron chi connectivity index (χ3n) is 6.00. The van der Waals surface area contributed by atoms with Crippen molar-refractivity contribution >= 4 is 45.7 Å². The van der Waals surface area contributed by atoms with E-state index in [4.69, 9.17) is 16.6 Å². The molecule has 0 aliphatic rings. The molecule has 0 atom stereocenters. The van der Waals surface area contributed by atoms with Gasteiger partial charge in [-0.15, -0.1) is 0 Å². The van der Waals surface area contributed by atoms with Gasteiger partial charge in [0.25, 0.3) is 0 Å². The highest BCUT2D eigenvalue weighted by molar-refractivity contribution is 8.00. The van der Waals surface area contributed by atoms with Gasteiger partial charge < -0.3 is 5.32 Å². The van der Waals surface area contributed by atoms with E-state index in [0.717, 1.165) is 44.4 Å². The normalized spacial score (nSPS) is 10.7. The third kappa shape index (κ3) is 5.51. The maximum absolute atomic E-state index is 13.0. The molecule has 0 bridgehead atoms. The van der Waals surface area contributed by atoms with Crippen molar-refractivity contribution in [1.29, 1.82) is 5.26 Å². The Bertz CT molecular complexity index is 1640. The minimum atomic E-state index is -0.166. The fourth-order valence-electron chi connectivity index (χ4n) is 4.12. The molecule has 1 N–H and O–H groups in total. The predicted molar refractivity (Wildman–Crippen MR) is 153 cm³/mol. The van der Waals surface area contributed by atoms with Crippen molar-refractivity contribution in [2.75, 3.05) is 11.1 Å². The van der Waals surface area contributed by atoms with Crippen LogP contribution in [0.1, 0.15) is 11.1 Å². The molecule has 5 rings (SSSR count). The summed E-state index contributed by atoms with van der Waals surface area (Å²) in [5.41, 5.74) is 5.62. The fourth-order valence-corrected chi connectivity index (χ4v) is 5.05. The summed E-state index contributed by atoms with van der Waals surface area (Å²) >= 11 is 7.36. The lowest BCUT2D eigenvalue weighted by atomic mass is 9.99. The number of pyridine rings is 1. The van der Waals surface area contributed by atoms with Crippen LogP contribution in [0.3, 0.4) is 0 Å². The largest absolute Gasteiger partial charge is 0.325 e. The quantitative estimate of drug-likeness (QED) is 0.230. The van der Waals surface area contributed by atoms with Crippen LogP contribution in [-0.4, -0.2) is 16.6 Å². The number of nitriles is 1. The average molecular weight is 520 g/mol. The van der Waals surface area contributed by atoms with Crippen LogP contribution in [0.4, 0.5) is 5.69 Å². The zero-order chi connectivity index (χ0) is 25.8. The number of nitrogens with one attached hydrogen (secondary N) is 1. The van der Waals surface area contributed by atoms with E-state index in [2.05, 4.69) is 11.4 Å². The summed E-state index contributed by atoms with van der Waals surface area (Å²) in [6, 6.07) is 33.4. The Morgan fingerprint density at radius 1 is 0.946 bits per heavy atom. The Balaban J connectivity index is 1.48. The van der Waals surface area contributed by atoms with Crippen molar-refractivity contribution in [3.05, 3.63) is 113 Å². The summed E-state index contributed by atoms with van der Waals surface area (Å²) in [4.78, 5) is 17.8. The molecular formula is C31H22ClN3OS. The van der Waals surface area contributed by atoms with Crippen molar-refractivity contribution in [2.24, 2.45) is 0 Å². The van der Waals surface area contributed by atoms with E-state index >= 15 is 0 Å². The first-order valence-corrected chi connectivity index (χ1v) is 13.1. The summed E-state index contributed by atoms with van der Waals surface area (Å²) in [5, 5.41) is 16.3. The third-order valence-corrected chi connectivity index (χ3v) is 7.23. The Morgan fingerprint density at radius 3 is 2.41 bits per heavy atom. The standard InChI is InChI=1S/C31H22ClN3OS/c1-20-9-11-23(12-10-20)29-17-26(22-13-15-24(32)16-14-22)27(18-33)31(35-29)37-19-30(36)34-28-8-4-6-21-5-2-3-7-25(21)28/h2-17H,19H2,1H3,(H,34,36). The van der Waals surface area contributed by atoms with Gasteiger partial charge in [-0.2, -0.15) is 5.26 Å². The lowest BCUT2D eigenvalue weighted by molar-refractivity contribution is -0.113. The number of halogens is 1. The lowest BCUT2D eigenvalue weighted by Gasteiger charge is -2.13. The molecule has 0 unspecified atom stereocenters. The molecule has 0 aliphatic heterocycles. The van der Waals surface area contributed by atoms with Gasteiger partial charge in [-0.3, -0.25) is 4.79 Å². The molecule has 1 amide bonds. The highest BCUT2D eigenvalue weighted by Crippen LogP contribution is 2.35. The van der Waals surface area contributed by atoms with Crippen molar-refractivity contribution in [3.63, 3.8) is 0 Å². The van der Waals surface area contributed by atoms with Crippen molar-refractivity contribution in [1.82, 2.24) is 4.98 Å². The number of carbonyl (C=O) groups excluding carboxylic acids is 1. The summed E-state index contributed by atoms with van der Waals surface area (Å²) in [6.45, 7) is 2.03. The van der Waals surface area contributed by atoms with Crippen molar-refractivity contribution in [2.45, 2.75) is 11.9 Å². The van der Waals surface area contributed by atoms with Gasteiger partial charge in [-0.1, -0.05) is 102 Å². The average Bonchev–Trinajstić information content (AvgIpc) is 2.92. The number of aryl methyl sites for hydroxylation is 1. The number of hydrogen-bond acceptors (Lipinski definition) is 4. The number of fused-ring (bicyclic) bond motifs is 1. The van der Waals surface area contributed by atoms with Crippen LogP contribution in [-0.2, 0) is 4.79 Å². The topological polar surface area (TPSA) is 65.8 Å². The van der Waals surface area contributed by atoms with E-state index in [0.29, 0.717) is 15.6 Å². The number of aromatic nitrogens is 1. The molecule has 180 valence electrons. The maximum atomic E-state index is 13.0. The number of thioether (sulfide) groups is 1. The van der Waals surface area contributed by atoms with E-state index in [9.17, 15) is 10.1 Å². The number of benzene rings is 4. The second-order valence-electron chi connectivity index (χ2n) is 8.58. The van der Waals surface area contributed by atoms with Crippen LogP contribution in [0.15, 0.2) is 102 Å². The number of carbonyl (C=O) groups is 1. The zero-order valence-corrected chi connectivity index (χ0v) is 21.6. The maximum Gasteiger partial charge on any atom is 0.234 e. The second kappa shape index (κ2) is 10.9. The van der Waals surface area contributed by atoms with Gasteiger partial charge >= 0.3 is 0 Å². The van der Waals surface area contributed by atoms with E-state index in [1.165, 1.54) is 11.8 Å². The van der Waals surface area contributed by atoms with Gasteiger partial charge in [0, 0.05) is 27.2 Å². The summed E-state index contributed by atoms with van der Waals surface area (Å²) in [6.07, 6.45) is 0. The Kier molecular flexibility index (Phi) is 7.23. The highest BCUT2D eigenvalue weighted by atomic mass is 35.5. The fraction of sp³-hybridized carbons (Fsp3) is 0.0645. The predicted octanol–water partition coefficient (Wildman–Crippen LogP) is 8.13. The molecule has 4 aromatic carbocycles. The first kappa shape index (κ1) is 24.6. The Morgan fingerprint density at radius 2 is 1.65 bits per heavy atom. The summed E-state index contributed by atoms with van der Waals surface area (Å²) < 4.78 is 0. The van der Waals surface area contributed by atoms with E-state index in [-0.39, 0.29) is 11.7 Å². The van der Waals surface area contributed by atoms with Crippen LogP contribution < -0.4 is 5.32 Å². The zero-order valence-electron chi connectivity index (χ0n) is 20.0. The van der Waals surface area contributed by atoms with Gasteiger partial charge in [0.05, 0.1) is 17.0 Å². The summed E-state index contributed by atoms with van der Waals surface area (Å²) in [5.74, 6) is -0.0525. The molecule has 1 heterocycles. The smallest absolute Gasteiger partial charge is 0.234 e. The van der Waals surface area contributed by atoms with Crippen LogP contribution >= 0.6 is 23.4 Å². The molecule has 0 saturated heterocycles. The van der Waals surface area contributed by atoms with Crippen LogP contribution in [0.5, 0.6) is 0 Å². The molecule has 37 heavy (non-hydrogen) atoms. The second-order valence-corrected chi connectivity index (χ2v) is 9.98. The Labute approximate surface area is 224 Å². The summed E-state index contributed by atoms with van der Waals surface area (Å²) in [7, 11) is 0. The minimum Gasteiger partial charge on any atom is -0.325 e. The first-order valence-electron chi connectivity index (χ1n) is 11.7. The number of nitrogens with zero attached hydrogens (tertiary/aromatic N) is 2. The number of rotatable bonds is 6. The van der Waals surface area contributed by atoms with E-state index in [1.54, 1.807) is 12.1 Å². The van der Waals surface area contributed by atoms with Gasteiger partial charge in [-0.25, -0.2) is 4.98 Å². The molecule has 0 aliphatic carbocycles. The minimum absolute atomic E-state index is 0.113. The number of hydrogen-bond donors (Lipinski definition) is 1. The van der Waals surface area contributed by atoms with Crippen LogP contribution in [0.25, 0.3) is 33.2 Å². The van der Waals surface area contributed by atoms with E-state index in [1.807, 2.05) is 91.9 Å². The SMILES string of the molecule is Cc1ccc(-c2cc(-c3ccc(Cl)cc3)c(C#N)c(SCC(=O)Nc3cccc4ccccc34)n2)cc1. The van der Waals surface area contributed by atoms with Crippen LogP contribution in [0, 0.1) is 18.3 Å². The highest BCUT2D eigenvalue weighted by Gasteiger charge is 2.17. The first-order chi connectivity index (χ1) is 18.0. The lowest BCUT2D eigenvalue weighted by Crippen LogP contribution is -2.14. The van der Waals surface area contributed by atoms with Crippen LogP contribution in [0.2, 0.25) is 5.02 Å². The van der Waals surface area contributed by atoms with Gasteiger partial charge in [0.1, 0.15) is 11.1 Å². The molecule has 4 nitrogen and oxygen atoms in total. The monoisotopic (exact) mass is 519 g/mol. The molecular weight excluding hydrogens is 498 g/mol. The van der Waals surface area contributed by atoms with Crippen molar-refractivity contribution in [3.8, 4) is 28.5 Å². The molecule has 6 heteroatoms. The molecule has 5 aromatic rings. The number of anilines is 1. The molecule has 1 aromatic heterocycles. The van der Waals surface area contributed by atoms with E-state index < -0.39 is 0 Å². The van der Waals surface area contributed by atoms with Gasteiger partial charge in [0.15, 0.2) is 0 Å². The van der Waals surface area contributed by atoms with Crippen molar-refractivity contribution < 1.29 is 4.79 Å². The molecule has 0 spiro atoms. The number of amides is 1. The van der Waals surface area contributed by atoms with Gasteiger partial charge in [0.2, 0.25) is 5.91 Å².